The molecule has 5 nitrogen and oxygen atoms in total. The first kappa shape index (κ1) is 19.2. The van der Waals surface area contributed by atoms with Crippen LogP contribution in [0, 0.1) is 6.92 Å². The van der Waals surface area contributed by atoms with Gasteiger partial charge in [-0.1, -0.05) is 68.1 Å². The van der Waals surface area contributed by atoms with E-state index in [1.54, 1.807) is 0 Å². The second-order valence-electron chi connectivity index (χ2n) is 6.75. The molecule has 1 heterocycles. The molecule has 0 atom stereocenters. The minimum absolute atomic E-state index is 0.0327. The number of thioether (sulfide) groups is 1. The van der Waals surface area contributed by atoms with Gasteiger partial charge in [0.15, 0.2) is 0 Å². The second-order valence-corrected chi connectivity index (χ2v) is 7.69. The Morgan fingerprint density at radius 3 is 2.59 bits per heavy atom. The first-order valence-corrected chi connectivity index (χ1v) is 9.97. The number of nitrogens with one attached hydrogen (secondary N) is 1. The molecular weight excluding hydrogens is 356 g/mol. The fourth-order valence-electron chi connectivity index (χ4n) is 2.67. The maximum absolute atomic E-state index is 13.0. The third-order valence-electron chi connectivity index (χ3n) is 4.15. The van der Waals surface area contributed by atoms with Crippen molar-refractivity contribution in [3.8, 4) is 0 Å². The molecule has 0 bridgehead atoms. The third-order valence-corrected chi connectivity index (χ3v) is 4.98. The quantitative estimate of drug-likeness (QED) is 0.610. The van der Waals surface area contributed by atoms with E-state index in [0.29, 0.717) is 11.7 Å². The topological polar surface area (TPSA) is 61.9 Å². The van der Waals surface area contributed by atoms with Crippen LogP contribution in [0.1, 0.15) is 36.7 Å². The van der Waals surface area contributed by atoms with E-state index in [2.05, 4.69) is 29.0 Å². The maximum atomic E-state index is 13.0. The minimum atomic E-state index is 0.0327. The molecule has 140 valence electrons. The molecule has 1 N–H and O–H groups in total. The fourth-order valence-corrected chi connectivity index (χ4v) is 3.35. The standard InChI is InChI=1S/C21H24N4OS/c1-15(2)20-22-21(24-23-20)27-14-19(26)25(13-17-9-5-4-6-10-17)18-11-7-8-16(3)12-18/h4-12,15H,13-14H2,1-3H3,(H,22,23,24). The molecule has 3 rings (SSSR count). The molecular formula is C21H24N4OS. The van der Waals surface area contributed by atoms with Crippen molar-refractivity contribution in [2.45, 2.75) is 38.4 Å². The van der Waals surface area contributed by atoms with Crippen LogP contribution in [0.2, 0.25) is 0 Å². The monoisotopic (exact) mass is 380 g/mol. The first-order valence-electron chi connectivity index (χ1n) is 8.99. The van der Waals surface area contributed by atoms with Crippen molar-refractivity contribution in [2.24, 2.45) is 0 Å². The van der Waals surface area contributed by atoms with E-state index in [1.165, 1.54) is 11.8 Å². The van der Waals surface area contributed by atoms with Gasteiger partial charge in [0.25, 0.3) is 0 Å². The average molecular weight is 381 g/mol. The number of aromatic amines is 1. The van der Waals surface area contributed by atoms with Crippen LogP contribution in [0.3, 0.4) is 0 Å². The Morgan fingerprint density at radius 1 is 1.15 bits per heavy atom. The number of rotatable bonds is 7. The minimum Gasteiger partial charge on any atom is -0.307 e. The van der Waals surface area contributed by atoms with Crippen LogP contribution in [-0.2, 0) is 11.3 Å². The summed E-state index contributed by atoms with van der Waals surface area (Å²) in [4.78, 5) is 19.3. The molecule has 1 amide bonds. The lowest BCUT2D eigenvalue weighted by molar-refractivity contribution is -0.116. The Hall–Kier alpha value is -2.60. The molecule has 6 heteroatoms. The predicted octanol–water partition coefficient (Wildman–Crippen LogP) is 4.56. The van der Waals surface area contributed by atoms with Gasteiger partial charge < -0.3 is 4.90 Å². The second kappa shape index (κ2) is 8.86. The highest BCUT2D eigenvalue weighted by atomic mass is 32.2. The highest BCUT2D eigenvalue weighted by Crippen LogP contribution is 2.22. The van der Waals surface area contributed by atoms with Crippen LogP contribution in [0.4, 0.5) is 5.69 Å². The van der Waals surface area contributed by atoms with Gasteiger partial charge in [-0.05, 0) is 30.2 Å². The van der Waals surface area contributed by atoms with Gasteiger partial charge in [0, 0.05) is 11.6 Å². The van der Waals surface area contributed by atoms with Gasteiger partial charge >= 0.3 is 0 Å². The summed E-state index contributed by atoms with van der Waals surface area (Å²) in [5.41, 5.74) is 3.13. The summed E-state index contributed by atoms with van der Waals surface area (Å²) in [5.74, 6) is 1.44. The number of nitrogens with zero attached hydrogens (tertiary/aromatic N) is 3. The molecule has 0 fully saturated rings. The van der Waals surface area contributed by atoms with E-state index in [0.717, 1.165) is 22.6 Å². The zero-order chi connectivity index (χ0) is 19.2. The van der Waals surface area contributed by atoms with Gasteiger partial charge in [-0.3, -0.25) is 9.89 Å². The number of carbonyl (C=O) groups is 1. The van der Waals surface area contributed by atoms with Crippen molar-refractivity contribution < 1.29 is 4.79 Å². The van der Waals surface area contributed by atoms with Gasteiger partial charge in [-0.25, -0.2) is 4.98 Å². The summed E-state index contributed by atoms with van der Waals surface area (Å²) in [6, 6.07) is 18.1. The molecule has 0 saturated heterocycles. The summed E-state index contributed by atoms with van der Waals surface area (Å²) in [6.45, 7) is 6.68. The smallest absolute Gasteiger partial charge is 0.237 e. The molecule has 0 aliphatic rings. The van der Waals surface area contributed by atoms with Gasteiger partial charge in [-0.15, -0.1) is 5.10 Å². The van der Waals surface area contributed by atoms with Crippen LogP contribution in [0.5, 0.6) is 0 Å². The van der Waals surface area contributed by atoms with Crippen LogP contribution >= 0.6 is 11.8 Å². The molecule has 2 aromatic carbocycles. The van der Waals surface area contributed by atoms with Crippen molar-refractivity contribution in [2.75, 3.05) is 10.7 Å². The number of hydrogen-bond acceptors (Lipinski definition) is 4. The molecule has 0 radical (unpaired) electrons. The Bertz CT molecular complexity index is 892. The largest absolute Gasteiger partial charge is 0.307 e. The number of carbonyl (C=O) groups excluding carboxylic acids is 1. The molecule has 0 saturated carbocycles. The lowest BCUT2D eigenvalue weighted by Crippen LogP contribution is -2.32. The number of anilines is 1. The number of H-pyrrole nitrogens is 1. The van der Waals surface area contributed by atoms with E-state index in [1.807, 2.05) is 66.4 Å². The Balaban J connectivity index is 1.75. The number of aryl methyl sites for hydroxylation is 1. The highest BCUT2D eigenvalue weighted by Gasteiger charge is 2.18. The lowest BCUT2D eigenvalue weighted by Gasteiger charge is -2.23. The summed E-state index contributed by atoms with van der Waals surface area (Å²) >= 11 is 1.36. The Morgan fingerprint density at radius 2 is 1.93 bits per heavy atom. The third kappa shape index (κ3) is 5.20. The van der Waals surface area contributed by atoms with E-state index in [-0.39, 0.29) is 17.6 Å². The number of aromatic nitrogens is 3. The summed E-state index contributed by atoms with van der Waals surface area (Å²) in [6.07, 6.45) is 0. The lowest BCUT2D eigenvalue weighted by atomic mass is 10.1. The Kier molecular flexibility index (Phi) is 6.29. The average Bonchev–Trinajstić information content (AvgIpc) is 3.14. The van der Waals surface area contributed by atoms with Crippen LogP contribution in [0.25, 0.3) is 0 Å². The van der Waals surface area contributed by atoms with Gasteiger partial charge in [0.2, 0.25) is 11.1 Å². The van der Waals surface area contributed by atoms with Crippen molar-refractivity contribution >= 4 is 23.4 Å². The van der Waals surface area contributed by atoms with Crippen LogP contribution in [0.15, 0.2) is 59.8 Å². The van der Waals surface area contributed by atoms with Crippen molar-refractivity contribution in [1.82, 2.24) is 15.2 Å². The van der Waals surface area contributed by atoms with Gasteiger partial charge in [-0.2, -0.15) is 0 Å². The normalized spacial score (nSPS) is 11.0. The first-order chi connectivity index (χ1) is 13.0. The van der Waals surface area contributed by atoms with Crippen LogP contribution < -0.4 is 4.90 Å². The molecule has 0 aliphatic carbocycles. The van der Waals surface area contributed by atoms with Crippen molar-refractivity contribution in [1.29, 1.82) is 0 Å². The van der Waals surface area contributed by atoms with Crippen molar-refractivity contribution in [3.05, 3.63) is 71.5 Å². The predicted molar refractivity (Wildman–Crippen MR) is 110 cm³/mol. The molecule has 0 unspecified atom stereocenters. The molecule has 27 heavy (non-hydrogen) atoms. The van der Waals surface area contributed by atoms with Crippen LogP contribution in [-0.4, -0.2) is 26.8 Å². The summed E-state index contributed by atoms with van der Waals surface area (Å²) < 4.78 is 0. The molecule has 0 spiro atoms. The fraction of sp³-hybridized carbons (Fsp3) is 0.286. The number of amides is 1. The zero-order valence-electron chi connectivity index (χ0n) is 15.8. The van der Waals surface area contributed by atoms with E-state index < -0.39 is 0 Å². The van der Waals surface area contributed by atoms with E-state index >= 15 is 0 Å². The zero-order valence-corrected chi connectivity index (χ0v) is 16.7. The molecule has 0 aliphatic heterocycles. The highest BCUT2D eigenvalue weighted by molar-refractivity contribution is 7.99. The molecule has 1 aromatic heterocycles. The van der Waals surface area contributed by atoms with E-state index in [9.17, 15) is 4.79 Å². The SMILES string of the molecule is Cc1cccc(N(Cc2ccccc2)C(=O)CSc2n[nH]c(C(C)C)n2)c1. The van der Waals surface area contributed by atoms with Crippen molar-refractivity contribution in [3.63, 3.8) is 0 Å². The Labute approximate surface area is 164 Å². The van der Waals surface area contributed by atoms with E-state index in [4.69, 9.17) is 0 Å². The van der Waals surface area contributed by atoms with Gasteiger partial charge in [0.1, 0.15) is 5.82 Å². The number of hydrogen-bond donors (Lipinski definition) is 1. The number of benzene rings is 2. The maximum Gasteiger partial charge on any atom is 0.237 e. The summed E-state index contributed by atoms with van der Waals surface area (Å²) in [7, 11) is 0. The summed E-state index contributed by atoms with van der Waals surface area (Å²) in [5, 5.41) is 7.73. The molecule has 3 aromatic rings. The van der Waals surface area contributed by atoms with Gasteiger partial charge in [0.05, 0.1) is 12.3 Å².